The van der Waals surface area contributed by atoms with Gasteiger partial charge in [0.1, 0.15) is 5.76 Å². The summed E-state index contributed by atoms with van der Waals surface area (Å²) in [7, 11) is -3.74. The van der Waals surface area contributed by atoms with Gasteiger partial charge in [-0.15, -0.1) is 0 Å². The highest BCUT2D eigenvalue weighted by atomic mass is 32.2. The number of Topliss-reactive ketones (excluding diaryl/α,β-unsaturated/α-hetero) is 1. The zero-order chi connectivity index (χ0) is 21.2. The van der Waals surface area contributed by atoms with Gasteiger partial charge in [0.05, 0.1) is 16.2 Å². The van der Waals surface area contributed by atoms with Crippen molar-refractivity contribution in [3.8, 4) is 0 Å². The van der Waals surface area contributed by atoms with Crippen LogP contribution in [0, 0.1) is 12.3 Å². The summed E-state index contributed by atoms with van der Waals surface area (Å²) in [5.74, 6) is -1.23. The number of aryl methyl sites for hydroxylation is 1. The third-order valence-electron chi connectivity index (χ3n) is 4.89. The van der Waals surface area contributed by atoms with Gasteiger partial charge in [0.2, 0.25) is 0 Å². The third kappa shape index (κ3) is 5.01. The van der Waals surface area contributed by atoms with Crippen molar-refractivity contribution < 1.29 is 22.7 Å². The molecule has 0 amide bonds. The van der Waals surface area contributed by atoms with Crippen LogP contribution in [0.1, 0.15) is 42.6 Å². The van der Waals surface area contributed by atoms with E-state index in [4.69, 9.17) is 4.74 Å². The first-order chi connectivity index (χ1) is 13.6. The molecule has 1 aliphatic carbocycles. The van der Waals surface area contributed by atoms with E-state index >= 15 is 0 Å². The lowest BCUT2D eigenvalue weighted by atomic mass is 9.77. The highest BCUT2D eigenvalue weighted by Crippen LogP contribution is 2.38. The Hall–Kier alpha value is -2.73. The van der Waals surface area contributed by atoms with Crippen molar-refractivity contribution in [1.82, 2.24) is 0 Å². The van der Waals surface area contributed by atoms with Crippen LogP contribution in [0.3, 0.4) is 0 Å². The predicted molar refractivity (Wildman–Crippen MR) is 110 cm³/mol. The van der Waals surface area contributed by atoms with Crippen LogP contribution in [-0.2, 0) is 19.4 Å². The fourth-order valence-corrected chi connectivity index (χ4v) is 4.76. The van der Waals surface area contributed by atoms with E-state index in [2.05, 4.69) is 0 Å². The van der Waals surface area contributed by atoms with E-state index < -0.39 is 27.0 Å². The number of rotatable bonds is 5. The molecule has 0 aromatic heterocycles. The molecule has 2 aromatic rings. The van der Waals surface area contributed by atoms with Gasteiger partial charge in [0.25, 0.3) is 0 Å². The fraction of sp³-hybridized carbons (Fsp3) is 0.304. The molecule has 5 nitrogen and oxygen atoms in total. The van der Waals surface area contributed by atoms with Crippen LogP contribution in [0.4, 0.5) is 0 Å². The minimum absolute atomic E-state index is 0.0636. The molecule has 0 atom stereocenters. The summed E-state index contributed by atoms with van der Waals surface area (Å²) in [6.07, 6.45) is 0.522. The molecule has 0 saturated heterocycles. The van der Waals surface area contributed by atoms with Crippen molar-refractivity contribution in [3.63, 3.8) is 0 Å². The lowest BCUT2D eigenvalue weighted by molar-refractivity contribution is -0.118. The zero-order valence-corrected chi connectivity index (χ0v) is 17.6. The minimum Gasteiger partial charge on any atom is -0.427 e. The van der Waals surface area contributed by atoms with E-state index in [-0.39, 0.29) is 28.4 Å². The van der Waals surface area contributed by atoms with Crippen molar-refractivity contribution in [2.24, 2.45) is 5.41 Å². The Bertz CT molecular complexity index is 1060. The van der Waals surface area contributed by atoms with Crippen molar-refractivity contribution in [2.45, 2.75) is 38.5 Å². The van der Waals surface area contributed by atoms with Gasteiger partial charge in [-0.2, -0.15) is 0 Å². The number of hydrogen-bond acceptors (Lipinski definition) is 5. The van der Waals surface area contributed by atoms with Gasteiger partial charge in [-0.3, -0.25) is 4.79 Å². The first-order valence-electron chi connectivity index (χ1n) is 9.39. The number of benzene rings is 2. The molecule has 0 N–H and O–H groups in total. The highest BCUT2D eigenvalue weighted by Gasteiger charge is 2.37. The number of allylic oxidation sites excluding steroid dienone is 1. The lowest BCUT2D eigenvalue weighted by Gasteiger charge is -2.31. The summed E-state index contributed by atoms with van der Waals surface area (Å²) >= 11 is 0. The number of carbonyl (C=O) groups excluding carboxylic acids is 2. The smallest absolute Gasteiger partial charge is 0.343 e. The van der Waals surface area contributed by atoms with Crippen LogP contribution < -0.4 is 0 Å². The molecule has 0 heterocycles. The molecular weight excluding hydrogens is 388 g/mol. The Morgan fingerprint density at radius 3 is 2.24 bits per heavy atom. The van der Waals surface area contributed by atoms with Gasteiger partial charge in [-0.1, -0.05) is 49.7 Å². The SMILES string of the molecule is Cc1ccc(C(=O)OC2=C(CS(=O)(=O)c3ccccc3)C(=O)CC(C)(C)C2)cc1. The van der Waals surface area contributed by atoms with Crippen LogP contribution >= 0.6 is 0 Å². The number of esters is 1. The maximum atomic E-state index is 12.8. The lowest BCUT2D eigenvalue weighted by Crippen LogP contribution is -2.30. The molecule has 2 aromatic carbocycles. The van der Waals surface area contributed by atoms with Gasteiger partial charge >= 0.3 is 5.97 Å². The predicted octanol–water partition coefficient (Wildman–Crippen LogP) is 4.27. The average Bonchev–Trinajstić information content (AvgIpc) is 2.65. The molecule has 1 aliphatic rings. The Labute approximate surface area is 171 Å². The number of hydrogen-bond donors (Lipinski definition) is 0. The summed E-state index contributed by atoms with van der Waals surface area (Å²) in [5, 5.41) is 0. The van der Waals surface area contributed by atoms with Gasteiger partial charge in [-0.05, 0) is 36.6 Å². The number of carbonyl (C=O) groups is 2. The molecule has 6 heteroatoms. The van der Waals surface area contributed by atoms with E-state index in [1.807, 2.05) is 20.8 Å². The Balaban J connectivity index is 1.96. The second-order valence-electron chi connectivity index (χ2n) is 8.17. The van der Waals surface area contributed by atoms with Gasteiger partial charge in [-0.25, -0.2) is 13.2 Å². The van der Waals surface area contributed by atoms with Crippen LogP contribution in [-0.4, -0.2) is 25.9 Å². The van der Waals surface area contributed by atoms with Crippen LogP contribution in [0.15, 0.2) is 70.8 Å². The second kappa shape index (κ2) is 7.95. The first-order valence-corrected chi connectivity index (χ1v) is 11.0. The van der Waals surface area contributed by atoms with Crippen molar-refractivity contribution in [1.29, 1.82) is 0 Å². The van der Waals surface area contributed by atoms with E-state index in [0.717, 1.165) is 5.56 Å². The summed E-state index contributed by atoms with van der Waals surface area (Å²) in [5.41, 5.74) is 1.00. The van der Waals surface area contributed by atoms with Crippen molar-refractivity contribution in [2.75, 3.05) is 5.75 Å². The van der Waals surface area contributed by atoms with E-state index in [0.29, 0.717) is 12.0 Å². The van der Waals surface area contributed by atoms with Crippen LogP contribution in [0.5, 0.6) is 0 Å². The van der Waals surface area contributed by atoms with E-state index in [1.165, 1.54) is 12.1 Å². The molecule has 0 unspecified atom stereocenters. The number of ether oxygens (including phenoxy) is 1. The summed E-state index contributed by atoms with van der Waals surface area (Å²) in [6.45, 7) is 5.70. The molecule has 0 aliphatic heterocycles. The number of ketones is 1. The number of sulfone groups is 1. The fourth-order valence-electron chi connectivity index (χ4n) is 3.32. The van der Waals surface area contributed by atoms with E-state index in [9.17, 15) is 18.0 Å². The van der Waals surface area contributed by atoms with Gasteiger partial charge in [0, 0.05) is 18.4 Å². The molecule has 0 radical (unpaired) electrons. The monoisotopic (exact) mass is 412 g/mol. The topological polar surface area (TPSA) is 77.5 Å². The molecule has 29 heavy (non-hydrogen) atoms. The minimum atomic E-state index is -3.74. The molecule has 0 saturated carbocycles. The standard InChI is InChI=1S/C23H24O5S/c1-16-9-11-17(12-10-16)22(25)28-21-14-23(2,3)13-20(24)19(21)15-29(26,27)18-7-5-4-6-8-18/h4-12H,13-15H2,1-3H3. The van der Waals surface area contributed by atoms with E-state index in [1.54, 1.807) is 42.5 Å². The van der Waals surface area contributed by atoms with Crippen LogP contribution in [0.2, 0.25) is 0 Å². The average molecular weight is 413 g/mol. The highest BCUT2D eigenvalue weighted by molar-refractivity contribution is 7.91. The quantitative estimate of drug-likeness (QED) is 0.686. The summed E-state index contributed by atoms with van der Waals surface area (Å²) in [6, 6.07) is 14.8. The third-order valence-corrected chi connectivity index (χ3v) is 6.55. The summed E-state index contributed by atoms with van der Waals surface area (Å²) < 4.78 is 31.2. The molecule has 3 rings (SSSR count). The zero-order valence-electron chi connectivity index (χ0n) is 16.8. The normalized spacial score (nSPS) is 16.6. The summed E-state index contributed by atoms with van der Waals surface area (Å²) in [4.78, 5) is 25.5. The molecular formula is C23H24O5S. The Morgan fingerprint density at radius 1 is 1.00 bits per heavy atom. The van der Waals surface area contributed by atoms with Crippen molar-refractivity contribution in [3.05, 3.63) is 77.1 Å². The van der Waals surface area contributed by atoms with Gasteiger partial charge in [0.15, 0.2) is 15.6 Å². The maximum Gasteiger partial charge on any atom is 0.343 e. The molecule has 0 fully saturated rings. The largest absolute Gasteiger partial charge is 0.427 e. The Morgan fingerprint density at radius 2 is 1.62 bits per heavy atom. The second-order valence-corrected chi connectivity index (χ2v) is 10.2. The first kappa shape index (κ1) is 21.0. The molecule has 0 bridgehead atoms. The molecule has 0 spiro atoms. The van der Waals surface area contributed by atoms with Crippen LogP contribution in [0.25, 0.3) is 0 Å². The maximum absolute atomic E-state index is 12.8. The van der Waals surface area contributed by atoms with Gasteiger partial charge < -0.3 is 4.74 Å². The molecule has 152 valence electrons. The Kier molecular flexibility index (Phi) is 5.75. The van der Waals surface area contributed by atoms with Crippen molar-refractivity contribution >= 4 is 21.6 Å².